The van der Waals surface area contributed by atoms with Crippen LogP contribution in [0.2, 0.25) is 6.04 Å². The van der Waals surface area contributed by atoms with Crippen LogP contribution in [0.3, 0.4) is 0 Å². The van der Waals surface area contributed by atoms with Gasteiger partial charge in [-0.2, -0.15) is 0 Å². The second-order valence-electron chi connectivity index (χ2n) is 1.53. The number of hydrogen-bond donors (Lipinski definition) is 0. The zero-order chi connectivity index (χ0) is 6.41. The molecular formula is C5H15O2Si+. The van der Waals surface area contributed by atoms with Gasteiger partial charge in [-0.3, -0.25) is 0 Å². The van der Waals surface area contributed by atoms with E-state index in [-0.39, 0.29) is 1.43 Å². The number of hydrogen-bond acceptors (Lipinski definition) is 2. The van der Waals surface area contributed by atoms with Crippen LogP contribution in [0.4, 0.5) is 0 Å². The van der Waals surface area contributed by atoms with Gasteiger partial charge in [-0.05, 0) is 13.0 Å². The lowest BCUT2D eigenvalue weighted by atomic mass is 10.9. The molecule has 0 radical (unpaired) electrons. The predicted molar refractivity (Wildman–Crippen MR) is 37.4 cm³/mol. The Balaban J connectivity index is 0. The van der Waals surface area contributed by atoms with Crippen LogP contribution >= 0.6 is 0 Å². The Kier molecular flexibility index (Phi) is 5.37. The third kappa shape index (κ3) is 3.18. The minimum atomic E-state index is -1.19. The quantitative estimate of drug-likeness (QED) is 0.536. The summed E-state index contributed by atoms with van der Waals surface area (Å²) in [6.45, 7) is 4.88. The van der Waals surface area contributed by atoms with E-state index in [0.717, 1.165) is 12.7 Å². The van der Waals surface area contributed by atoms with Crippen molar-refractivity contribution >= 4 is 9.28 Å². The second-order valence-corrected chi connectivity index (χ2v) is 4.01. The maximum absolute atomic E-state index is 5.26. The molecule has 2 nitrogen and oxygen atoms in total. The molecule has 0 aromatic carbocycles. The van der Waals surface area contributed by atoms with Gasteiger partial charge in [0.15, 0.2) is 0 Å². The molecule has 8 heavy (non-hydrogen) atoms. The van der Waals surface area contributed by atoms with Crippen molar-refractivity contribution in [3.8, 4) is 0 Å². The van der Waals surface area contributed by atoms with E-state index in [1.807, 2.05) is 6.92 Å². The molecular weight excluding hydrogens is 120 g/mol. The topological polar surface area (TPSA) is 18.5 Å². The zero-order valence-corrected chi connectivity index (χ0v) is 6.96. The van der Waals surface area contributed by atoms with E-state index in [4.69, 9.17) is 8.85 Å². The van der Waals surface area contributed by atoms with Gasteiger partial charge in [-0.15, -0.1) is 0 Å². The Hall–Kier alpha value is 0.137. The van der Waals surface area contributed by atoms with E-state index in [1.54, 1.807) is 7.11 Å². The van der Waals surface area contributed by atoms with Crippen molar-refractivity contribution in [1.82, 2.24) is 0 Å². The van der Waals surface area contributed by atoms with Crippen LogP contribution in [0, 0.1) is 0 Å². The van der Waals surface area contributed by atoms with Crippen LogP contribution in [0.5, 0.6) is 0 Å². The monoisotopic (exact) mass is 135 g/mol. The first kappa shape index (κ1) is 8.14. The van der Waals surface area contributed by atoms with E-state index in [9.17, 15) is 0 Å². The highest BCUT2D eigenvalue weighted by atomic mass is 28.3. The highest BCUT2D eigenvalue weighted by Gasteiger charge is 2.04. The van der Waals surface area contributed by atoms with Crippen LogP contribution in [0.1, 0.15) is 15.3 Å². The molecule has 0 aliphatic heterocycles. The molecule has 3 heteroatoms. The molecule has 50 valence electrons. The molecule has 0 saturated carbocycles. The largest absolute Gasteiger partial charge is 1.00 e. The average molecular weight is 135 g/mol. The molecule has 0 aromatic heterocycles. The molecule has 0 aromatic rings. The molecule has 0 amide bonds. The van der Waals surface area contributed by atoms with Crippen molar-refractivity contribution < 1.29 is 10.3 Å². The van der Waals surface area contributed by atoms with Gasteiger partial charge in [-0.1, -0.05) is 6.92 Å². The third-order valence-corrected chi connectivity index (χ3v) is 2.85. The summed E-state index contributed by atoms with van der Waals surface area (Å²) in [4.78, 5) is 0. The summed E-state index contributed by atoms with van der Waals surface area (Å²) in [5, 5.41) is 0. The highest BCUT2D eigenvalue weighted by Crippen LogP contribution is 1.92. The van der Waals surface area contributed by atoms with Gasteiger partial charge >= 0.3 is 10.7 Å². The minimum absolute atomic E-state index is 0. The van der Waals surface area contributed by atoms with Gasteiger partial charge in [0, 0.05) is 13.7 Å². The van der Waals surface area contributed by atoms with Crippen molar-refractivity contribution in [3.63, 3.8) is 0 Å². The molecule has 0 fully saturated rings. The summed E-state index contributed by atoms with van der Waals surface area (Å²) in [5.74, 6) is 0. The van der Waals surface area contributed by atoms with Crippen molar-refractivity contribution in [2.24, 2.45) is 0 Å². The minimum Gasteiger partial charge on any atom is -0.400 e. The average Bonchev–Trinajstić information content (AvgIpc) is 1.83. The molecule has 0 aliphatic rings. The zero-order valence-electron chi connectivity index (χ0n) is 6.81. The summed E-state index contributed by atoms with van der Waals surface area (Å²) >= 11 is 0. The fourth-order valence-electron chi connectivity index (χ4n) is 0.538. The lowest BCUT2D eigenvalue weighted by molar-refractivity contribution is 0.242. The Labute approximate surface area is 54.1 Å². The molecule has 0 spiro atoms. The Morgan fingerprint density at radius 3 is 2.25 bits per heavy atom. The maximum Gasteiger partial charge on any atom is 1.00 e. The first-order chi connectivity index (χ1) is 3.85. The van der Waals surface area contributed by atoms with Gasteiger partial charge in [-0.25, -0.2) is 0 Å². The molecule has 0 saturated heterocycles. The summed E-state index contributed by atoms with van der Waals surface area (Å²) in [5.41, 5.74) is 0. The second kappa shape index (κ2) is 5.28. The normalized spacial score (nSPS) is 13.9. The Morgan fingerprint density at radius 1 is 1.50 bits per heavy atom. The third-order valence-electron chi connectivity index (χ3n) is 0.949. The molecule has 0 rings (SSSR count). The first-order valence-electron chi connectivity index (χ1n) is 2.99. The SMILES string of the molecule is CCO[SiH](CC)OC.[H+]. The van der Waals surface area contributed by atoms with E-state index in [1.165, 1.54) is 0 Å². The smallest absolute Gasteiger partial charge is 0.400 e. The van der Waals surface area contributed by atoms with Gasteiger partial charge in [0.2, 0.25) is 0 Å². The van der Waals surface area contributed by atoms with Crippen molar-refractivity contribution in [2.45, 2.75) is 19.9 Å². The van der Waals surface area contributed by atoms with Crippen LogP contribution in [0.25, 0.3) is 0 Å². The predicted octanol–water partition coefficient (Wildman–Crippen LogP) is 1.02. The van der Waals surface area contributed by atoms with Gasteiger partial charge in [0.25, 0.3) is 0 Å². The van der Waals surface area contributed by atoms with Crippen molar-refractivity contribution in [1.29, 1.82) is 0 Å². The fourth-order valence-corrected chi connectivity index (χ4v) is 1.62. The molecule has 1 unspecified atom stereocenters. The summed E-state index contributed by atoms with van der Waals surface area (Å²) in [7, 11) is 0.526. The maximum atomic E-state index is 5.26. The van der Waals surface area contributed by atoms with Crippen LogP contribution in [-0.2, 0) is 8.85 Å². The Bertz CT molecular complexity index is 50.2. The van der Waals surface area contributed by atoms with Gasteiger partial charge in [0.05, 0.1) is 0 Å². The van der Waals surface area contributed by atoms with Crippen LogP contribution < -0.4 is 0 Å². The van der Waals surface area contributed by atoms with Crippen molar-refractivity contribution in [2.75, 3.05) is 13.7 Å². The number of rotatable bonds is 4. The van der Waals surface area contributed by atoms with Crippen molar-refractivity contribution in [3.05, 3.63) is 0 Å². The van der Waals surface area contributed by atoms with Crippen LogP contribution in [-0.4, -0.2) is 23.0 Å². The first-order valence-corrected chi connectivity index (χ1v) is 4.75. The molecule has 0 N–H and O–H groups in total. The van der Waals surface area contributed by atoms with Gasteiger partial charge in [0.1, 0.15) is 0 Å². The van der Waals surface area contributed by atoms with E-state index in [2.05, 4.69) is 6.92 Å². The van der Waals surface area contributed by atoms with E-state index < -0.39 is 9.28 Å². The molecule has 0 aliphatic carbocycles. The summed E-state index contributed by atoms with van der Waals surface area (Å²) < 4.78 is 10.3. The molecule has 0 heterocycles. The van der Waals surface area contributed by atoms with Gasteiger partial charge < -0.3 is 8.85 Å². The lowest BCUT2D eigenvalue weighted by Crippen LogP contribution is -2.19. The summed E-state index contributed by atoms with van der Waals surface area (Å²) in [6.07, 6.45) is 0. The van der Waals surface area contributed by atoms with E-state index in [0.29, 0.717) is 0 Å². The summed E-state index contributed by atoms with van der Waals surface area (Å²) in [6, 6.07) is 1.06. The Morgan fingerprint density at radius 2 is 2.12 bits per heavy atom. The lowest BCUT2D eigenvalue weighted by Gasteiger charge is -2.08. The van der Waals surface area contributed by atoms with E-state index >= 15 is 0 Å². The standard InChI is InChI=1S/C5H14O2Si/c1-4-7-8(5-2)6-3/h8H,4-5H2,1-3H3/p+1. The van der Waals surface area contributed by atoms with Crippen LogP contribution in [0.15, 0.2) is 0 Å². The highest BCUT2D eigenvalue weighted by molar-refractivity contribution is 6.44. The molecule has 0 bridgehead atoms. The fraction of sp³-hybridized carbons (Fsp3) is 1.00. The molecule has 1 atom stereocenters.